The lowest BCUT2D eigenvalue weighted by molar-refractivity contribution is -0.135. The fraction of sp³-hybridized carbons (Fsp3) is 0.393. The molecule has 2 aromatic carbocycles. The Labute approximate surface area is 228 Å². The molecule has 1 aliphatic heterocycles. The molecule has 0 saturated carbocycles. The summed E-state index contributed by atoms with van der Waals surface area (Å²) in [4.78, 5) is 16.9. The number of para-hydroxylation sites is 2. The lowest BCUT2D eigenvalue weighted by atomic mass is 10.0. The third-order valence-electron chi connectivity index (χ3n) is 6.61. The number of fused-ring (bicyclic) bond motifs is 1. The van der Waals surface area contributed by atoms with E-state index >= 15 is 0 Å². The quantitative estimate of drug-likeness (QED) is 0.308. The van der Waals surface area contributed by atoms with Gasteiger partial charge in [0.05, 0.1) is 24.6 Å². The molecule has 0 aliphatic carbocycles. The number of aryl methyl sites for hydroxylation is 1. The third kappa shape index (κ3) is 6.37. The molecule has 0 fully saturated rings. The van der Waals surface area contributed by atoms with Gasteiger partial charge in [0.15, 0.2) is 11.5 Å². The van der Waals surface area contributed by atoms with Gasteiger partial charge in [0.25, 0.3) is 0 Å². The van der Waals surface area contributed by atoms with Crippen molar-refractivity contribution in [2.24, 2.45) is 0 Å². The zero-order valence-corrected chi connectivity index (χ0v) is 23.6. The molecule has 0 N–H and O–H groups in total. The van der Waals surface area contributed by atoms with Gasteiger partial charge in [-0.15, -0.1) is 11.3 Å². The average molecular weight is 559 g/mol. The fourth-order valence-electron chi connectivity index (χ4n) is 4.55. The molecule has 0 radical (unpaired) electrons. The Bertz CT molecular complexity index is 1320. The highest BCUT2D eigenvalue weighted by atomic mass is 32.2. The number of rotatable bonds is 12. The van der Waals surface area contributed by atoms with E-state index in [1.54, 1.807) is 54.7 Å². The van der Waals surface area contributed by atoms with Gasteiger partial charge in [-0.1, -0.05) is 29.8 Å². The second kappa shape index (κ2) is 12.8. The van der Waals surface area contributed by atoms with E-state index in [0.29, 0.717) is 31.1 Å². The zero-order chi connectivity index (χ0) is 27.1. The van der Waals surface area contributed by atoms with Crippen LogP contribution in [0.3, 0.4) is 0 Å². The lowest BCUT2D eigenvalue weighted by Crippen LogP contribution is -2.48. The SMILES string of the molecule is COCCCN(CC(=O)N1CCc2sccc2C1COc1ccccc1OC)S(=O)(=O)c1ccc(C)cc1. The Morgan fingerprint density at radius 2 is 1.82 bits per heavy atom. The average Bonchev–Trinajstić information content (AvgIpc) is 3.41. The number of carbonyl (C=O) groups excluding carboxylic acids is 1. The highest BCUT2D eigenvalue weighted by Crippen LogP contribution is 2.35. The summed E-state index contributed by atoms with van der Waals surface area (Å²) in [5.41, 5.74) is 2.00. The molecule has 2 heterocycles. The van der Waals surface area contributed by atoms with Crippen molar-refractivity contribution in [3.63, 3.8) is 0 Å². The molecule has 38 heavy (non-hydrogen) atoms. The Morgan fingerprint density at radius 1 is 1.08 bits per heavy atom. The highest BCUT2D eigenvalue weighted by Gasteiger charge is 2.35. The predicted molar refractivity (Wildman–Crippen MR) is 147 cm³/mol. The molecule has 0 saturated heterocycles. The fourth-order valence-corrected chi connectivity index (χ4v) is 6.91. The maximum absolute atomic E-state index is 13.8. The van der Waals surface area contributed by atoms with Gasteiger partial charge in [0.2, 0.25) is 15.9 Å². The molecular formula is C28H34N2O6S2. The van der Waals surface area contributed by atoms with Crippen molar-refractivity contribution in [1.82, 2.24) is 9.21 Å². The summed E-state index contributed by atoms with van der Waals surface area (Å²) in [6.07, 6.45) is 1.20. The normalized spacial score (nSPS) is 15.4. The van der Waals surface area contributed by atoms with Crippen molar-refractivity contribution >= 4 is 27.3 Å². The van der Waals surface area contributed by atoms with Crippen LogP contribution in [-0.4, -0.2) is 70.6 Å². The Morgan fingerprint density at radius 3 is 2.53 bits per heavy atom. The number of nitrogens with zero attached hydrogens (tertiary/aromatic N) is 2. The largest absolute Gasteiger partial charge is 0.493 e. The summed E-state index contributed by atoms with van der Waals surface area (Å²) in [6, 6.07) is 15.8. The van der Waals surface area contributed by atoms with Gasteiger partial charge in [-0.2, -0.15) is 4.31 Å². The molecule has 1 aliphatic rings. The van der Waals surface area contributed by atoms with Crippen molar-refractivity contribution in [2.45, 2.75) is 30.7 Å². The minimum Gasteiger partial charge on any atom is -0.493 e. The van der Waals surface area contributed by atoms with Gasteiger partial charge in [-0.3, -0.25) is 4.79 Å². The van der Waals surface area contributed by atoms with Crippen LogP contribution < -0.4 is 9.47 Å². The number of amides is 1. The molecule has 1 atom stereocenters. The minimum atomic E-state index is -3.88. The van der Waals surface area contributed by atoms with Crippen LogP contribution in [0.4, 0.5) is 0 Å². The molecule has 3 aromatic rings. The second-order valence-electron chi connectivity index (χ2n) is 9.11. The number of ether oxygens (including phenoxy) is 3. The topological polar surface area (TPSA) is 85.4 Å². The number of hydrogen-bond donors (Lipinski definition) is 0. The lowest BCUT2D eigenvalue weighted by Gasteiger charge is -2.37. The van der Waals surface area contributed by atoms with Crippen LogP contribution in [0.5, 0.6) is 11.5 Å². The standard InChI is InChI=1S/C28H34N2O6S2/c1-21-9-11-22(12-10-21)38(32,33)29(15-6-17-34-2)19-28(31)30-16-13-27-23(14-18-37-27)24(30)20-36-26-8-5-4-7-25(26)35-3/h4-5,7-12,14,18,24H,6,13,15-17,19-20H2,1-3H3. The van der Waals surface area contributed by atoms with Crippen molar-refractivity contribution < 1.29 is 27.4 Å². The van der Waals surface area contributed by atoms with Crippen molar-refractivity contribution in [3.8, 4) is 11.5 Å². The number of hydrogen-bond acceptors (Lipinski definition) is 7. The highest BCUT2D eigenvalue weighted by molar-refractivity contribution is 7.89. The first-order valence-corrected chi connectivity index (χ1v) is 14.8. The second-order valence-corrected chi connectivity index (χ2v) is 12.1. The molecule has 1 amide bonds. The van der Waals surface area contributed by atoms with E-state index in [9.17, 15) is 13.2 Å². The predicted octanol–water partition coefficient (Wildman–Crippen LogP) is 4.30. The molecule has 0 bridgehead atoms. The van der Waals surface area contributed by atoms with Gasteiger partial charge < -0.3 is 19.1 Å². The van der Waals surface area contributed by atoms with Gasteiger partial charge in [0.1, 0.15) is 6.61 Å². The van der Waals surface area contributed by atoms with Crippen molar-refractivity contribution in [2.75, 3.05) is 47.1 Å². The summed E-state index contributed by atoms with van der Waals surface area (Å²) in [7, 11) is -0.721. The van der Waals surface area contributed by atoms with E-state index in [0.717, 1.165) is 17.5 Å². The van der Waals surface area contributed by atoms with Gasteiger partial charge in [0, 0.05) is 31.7 Å². The first kappa shape index (κ1) is 28.1. The van der Waals surface area contributed by atoms with Gasteiger partial charge in [-0.25, -0.2) is 8.42 Å². The van der Waals surface area contributed by atoms with Crippen LogP contribution in [0.15, 0.2) is 64.9 Å². The summed E-state index contributed by atoms with van der Waals surface area (Å²) >= 11 is 1.66. The Kier molecular flexibility index (Phi) is 9.43. The smallest absolute Gasteiger partial charge is 0.243 e. The summed E-state index contributed by atoms with van der Waals surface area (Å²) in [5, 5.41) is 2.02. The maximum atomic E-state index is 13.8. The zero-order valence-electron chi connectivity index (χ0n) is 22.0. The minimum absolute atomic E-state index is 0.170. The number of thiophene rings is 1. The number of methoxy groups -OCH3 is 2. The molecule has 4 rings (SSSR count). The van der Waals surface area contributed by atoms with Crippen LogP contribution in [0.2, 0.25) is 0 Å². The van der Waals surface area contributed by atoms with Crippen LogP contribution in [0, 0.1) is 6.92 Å². The number of benzene rings is 2. The Hall–Kier alpha value is -2.92. The van der Waals surface area contributed by atoms with E-state index in [1.165, 1.54) is 9.18 Å². The van der Waals surface area contributed by atoms with Crippen LogP contribution in [0.25, 0.3) is 0 Å². The first-order valence-electron chi connectivity index (χ1n) is 12.5. The molecule has 0 spiro atoms. The first-order chi connectivity index (χ1) is 18.3. The molecule has 204 valence electrons. The van der Waals surface area contributed by atoms with E-state index in [4.69, 9.17) is 14.2 Å². The Balaban J connectivity index is 1.57. The summed E-state index contributed by atoms with van der Waals surface area (Å²) in [6.45, 7) is 2.93. The number of sulfonamides is 1. The van der Waals surface area contributed by atoms with Gasteiger partial charge in [-0.05, 0) is 61.0 Å². The van der Waals surface area contributed by atoms with E-state index < -0.39 is 10.0 Å². The van der Waals surface area contributed by atoms with Crippen molar-refractivity contribution in [1.29, 1.82) is 0 Å². The molecule has 10 heteroatoms. The number of carbonyl (C=O) groups is 1. The van der Waals surface area contributed by atoms with Crippen LogP contribution >= 0.6 is 11.3 Å². The van der Waals surface area contributed by atoms with E-state index in [2.05, 4.69) is 0 Å². The van der Waals surface area contributed by atoms with E-state index in [1.807, 2.05) is 42.6 Å². The van der Waals surface area contributed by atoms with E-state index in [-0.39, 0.29) is 36.5 Å². The van der Waals surface area contributed by atoms with Crippen LogP contribution in [0.1, 0.15) is 28.5 Å². The molecule has 8 nitrogen and oxygen atoms in total. The maximum Gasteiger partial charge on any atom is 0.243 e. The molecular weight excluding hydrogens is 524 g/mol. The third-order valence-corrected chi connectivity index (χ3v) is 9.46. The molecule has 1 unspecified atom stereocenters. The summed E-state index contributed by atoms with van der Waals surface area (Å²) in [5.74, 6) is 0.941. The monoisotopic (exact) mass is 558 g/mol. The van der Waals surface area contributed by atoms with Gasteiger partial charge >= 0.3 is 0 Å². The van der Waals surface area contributed by atoms with Crippen molar-refractivity contribution in [3.05, 3.63) is 76.0 Å². The summed E-state index contributed by atoms with van der Waals surface area (Å²) < 4.78 is 45.1. The van der Waals surface area contributed by atoms with Crippen LogP contribution in [-0.2, 0) is 26.0 Å². The molecule has 1 aromatic heterocycles.